The lowest BCUT2D eigenvalue weighted by Gasteiger charge is -2.40. The Balaban J connectivity index is 1.91. The highest BCUT2D eigenvalue weighted by atomic mass is 16.5. The van der Waals surface area contributed by atoms with Crippen LogP contribution in [0.1, 0.15) is 45.4 Å². The first-order valence-corrected chi connectivity index (χ1v) is 8.01. The molecule has 4 nitrogen and oxygen atoms in total. The smallest absolute Gasteiger partial charge is 0.310 e. The monoisotopic (exact) mass is 283 g/mol. The zero-order valence-electron chi connectivity index (χ0n) is 12.9. The Bertz CT molecular complexity index is 328. The highest BCUT2D eigenvalue weighted by Crippen LogP contribution is 2.40. The molecule has 0 bridgehead atoms. The second kappa shape index (κ2) is 6.90. The Kier molecular flexibility index (Phi) is 5.44. The molecule has 0 aromatic carbocycles. The highest BCUT2D eigenvalue weighted by molar-refractivity contribution is 5.75. The summed E-state index contributed by atoms with van der Waals surface area (Å²) in [6, 6.07) is 0. The van der Waals surface area contributed by atoms with E-state index in [1.165, 1.54) is 12.8 Å². The summed E-state index contributed by atoms with van der Waals surface area (Å²) in [5.74, 6) is 0.502. The van der Waals surface area contributed by atoms with Crippen LogP contribution >= 0.6 is 0 Å². The fourth-order valence-electron chi connectivity index (χ4n) is 4.04. The standard InChI is InChI=1S/C16H29NO3/c1-13-5-3-7-16(9-13,15(18)19)12-17(2)10-14-6-4-8-20-11-14/h13-14H,3-12H2,1-2H3,(H,18,19). The summed E-state index contributed by atoms with van der Waals surface area (Å²) in [4.78, 5) is 14.0. The van der Waals surface area contributed by atoms with Crippen LogP contribution < -0.4 is 0 Å². The average Bonchev–Trinajstić information content (AvgIpc) is 2.39. The first-order valence-electron chi connectivity index (χ1n) is 8.01. The van der Waals surface area contributed by atoms with Gasteiger partial charge in [-0.1, -0.05) is 19.8 Å². The van der Waals surface area contributed by atoms with Gasteiger partial charge in [0.15, 0.2) is 0 Å². The molecule has 3 unspecified atom stereocenters. The van der Waals surface area contributed by atoms with Gasteiger partial charge in [0.1, 0.15) is 0 Å². The number of aliphatic carboxylic acids is 1. The third-order valence-corrected chi connectivity index (χ3v) is 4.94. The van der Waals surface area contributed by atoms with Gasteiger partial charge in [0.05, 0.1) is 12.0 Å². The maximum Gasteiger partial charge on any atom is 0.310 e. The number of carbonyl (C=O) groups is 1. The Morgan fingerprint density at radius 1 is 1.40 bits per heavy atom. The van der Waals surface area contributed by atoms with Crippen LogP contribution in [-0.4, -0.2) is 49.3 Å². The quantitative estimate of drug-likeness (QED) is 0.842. The van der Waals surface area contributed by atoms with Gasteiger partial charge in [-0.2, -0.15) is 0 Å². The molecule has 0 aromatic rings. The Morgan fingerprint density at radius 3 is 2.80 bits per heavy atom. The van der Waals surface area contributed by atoms with E-state index in [1.54, 1.807) is 0 Å². The molecule has 1 N–H and O–H groups in total. The van der Waals surface area contributed by atoms with Crippen molar-refractivity contribution in [1.82, 2.24) is 4.90 Å². The van der Waals surface area contributed by atoms with E-state index in [9.17, 15) is 9.90 Å². The second-order valence-corrected chi connectivity index (χ2v) is 7.07. The molecule has 0 amide bonds. The molecule has 1 aliphatic carbocycles. The van der Waals surface area contributed by atoms with Crippen LogP contribution in [0.5, 0.6) is 0 Å². The van der Waals surface area contributed by atoms with Gasteiger partial charge in [-0.15, -0.1) is 0 Å². The summed E-state index contributed by atoms with van der Waals surface area (Å²) >= 11 is 0. The molecular weight excluding hydrogens is 254 g/mol. The van der Waals surface area contributed by atoms with Crippen molar-refractivity contribution in [2.75, 3.05) is 33.4 Å². The van der Waals surface area contributed by atoms with Crippen LogP contribution in [0.3, 0.4) is 0 Å². The molecule has 2 aliphatic rings. The zero-order valence-corrected chi connectivity index (χ0v) is 12.9. The molecule has 3 atom stereocenters. The third kappa shape index (κ3) is 3.95. The topological polar surface area (TPSA) is 49.8 Å². The van der Waals surface area contributed by atoms with Crippen molar-refractivity contribution in [3.63, 3.8) is 0 Å². The molecule has 1 saturated heterocycles. The molecular formula is C16H29NO3. The summed E-state index contributed by atoms with van der Waals surface area (Å²) in [5.41, 5.74) is -0.526. The van der Waals surface area contributed by atoms with E-state index in [0.717, 1.165) is 45.4 Å². The van der Waals surface area contributed by atoms with Gasteiger partial charge in [0, 0.05) is 19.7 Å². The highest BCUT2D eigenvalue weighted by Gasteiger charge is 2.42. The fourth-order valence-corrected chi connectivity index (χ4v) is 4.04. The molecule has 0 spiro atoms. The number of rotatable bonds is 5. The van der Waals surface area contributed by atoms with Gasteiger partial charge >= 0.3 is 5.97 Å². The maximum atomic E-state index is 11.8. The van der Waals surface area contributed by atoms with Crippen LogP contribution in [0.4, 0.5) is 0 Å². The van der Waals surface area contributed by atoms with Crippen LogP contribution in [0, 0.1) is 17.3 Å². The van der Waals surface area contributed by atoms with E-state index in [2.05, 4.69) is 18.9 Å². The number of carboxylic acids is 1. The Morgan fingerprint density at radius 2 is 2.20 bits per heavy atom. The SMILES string of the molecule is CC1CCCC(CN(C)CC2CCCOC2)(C(=O)O)C1. The van der Waals surface area contributed by atoms with E-state index in [-0.39, 0.29) is 0 Å². The molecule has 4 heteroatoms. The van der Waals surface area contributed by atoms with Crippen molar-refractivity contribution in [1.29, 1.82) is 0 Å². The second-order valence-electron chi connectivity index (χ2n) is 7.07. The van der Waals surface area contributed by atoms with Gasteiger partial charge in [0.2, 0.25) is 0 Å². The number of carboxylic acid groups (broad SMARTS) is 1. The molecule has 1 heterocycles. The summed E-state index contributed by atoms with van der Waals surface area (Å²) in [6.45, 7) is 5.55. The molecule has 20 heavy (non-hydrogen) atoms. The maximum absolute atomic E-state index is 11.8. The predicted octanol–water partition coefficient (Wildman–Crippen LogP) is 2.63. The molecule has 1 saturated carbocycles. The Labute approximate surface area is 122 Å². The van der Waals surface area contributed by atoms with E-state index >= 15 is 0 Å². The molecule has 116 valence electrons. The van der Waals surface area contributed by atoms with Crippen molar-refractivity contribution >= 4 is 5.97 Å². The summed E-state index contributed by atoms with van der Waals surface area (Å²) < 4.78 is 5.52. The van der Waals surface area contributed by atoms with E-state index in [0.29, 0.717) is 18.4 Å². The fraction of sp³-hybridized carbons (Fsp3) is 0.938. The lowest BCUT2D eigenvalue weighted by Crippen LogP contribution is -2.46. The van der Waals surface area contributed by atoms with Crippen molar-refractivity contribution in [3.8, 4) is 0 Å². The summed E-state index contributed by atoms with van der Waals surface area (Å²) in [7, 11) is 2.07. The van der Waals surface area contributed by atoms with Gasteiger partial charge < -0.3 is 14.7 Å². The number of hydrogen-bond donors (Lipinski definition) is 1. The summed E-state index contributed by atoms with van der Waals surface area (Å²) in [6.07, 6.45) is 6.23. The third-order valence-electron chi connectivity index (χ3n) is 4.94. The predicted molar refractivity (Wildman–Crippen MR) is 78.7 cm³/mol. The minimum absolute atomic E-state index is 0.526. The largest absolute Gasteiger partial charge is 0.481 e. The molecule has 2 rings (SSSR count). The lowest BCUT2D eigenvalue weighted by molar-refractivity contribution is -0.153. The van der Waals surface area contributed by atoms with Crippen molar-refractivity contribution in [2.24, 2.45) is 17.3 Å². The van der Waals surface area contributed by atoms with Crippen LogP contribution in [0.25, 0.3) is 0 Å². The van der Waals surface area contributed by atoms with Crippen molar-refractivity contribution in [2.45, 2.75) is 45.4 Å². The van der Waals surface area contributed by atoms with Crippen molar-refractivity contribution in [3.05, 3.63) is 0 Å². The number of nitrogens with zero attached hydrogens (tertiary/aromatic N) is 1. The first kappa shape index (κ1) is 15.8. The van der Waals surface area contributed by atoms with Crippen LogP contribution in [-0.2, 0) is 9.53 Å². The minimum atomic E-state index is -0.601. The molecule has 1 aliphatic heterocycles. The van der Waals surface area contributed by atoms with Gasteiger partial charge in [-0.25, -0.2) is 0 Å². The van der Waals surface area contributed by atoms with E-state index in [4.69, 9.17) is 4.74 Å². The lowest BCUT2D eigenvalue weighted by atomic mass is 9.69. The zero-order chi connectivity index (χ0) is 14.6. The van der Waals surface area contributed by atoms with Crippen LogP contribution in [0.2, 0.25) is 0 Å². The Hall–Kier alpha value is -0.610. The van der Waals surface area contributed by atoms with Gasteiger partial charge in [-0.05, 0) is 44.6 Å². The molecule has 0 radical (unpaired) electrons. The number of hydrogen-bond acceptors (Lipinski definition) is 3. The first-order chi connectivity index (χ1) is 9.52. The normalized spacial score (nSPS) is 35.1. The average molecular weight is 283 g/mol. The molecule has 0 aromatic heterocycles. The minimum Gasteiger partial charge on any atom is -0.481 e. The van der Waals surface area contributed by atoms with E-state index in [1.807, 2.05) is 0 Å². The molecule has 2 fully saturated rings. The van der Waals surface area contributed by atoms with Gasteiger partial charge in [0.25, 0.3) is 0 Å². The van der Waals surface area contributed by atoms with Gasteiger partial charge in [-0.3, -0.25) is 4.79 Å². The summed E-state index contributed by atoms with van der Waals surface area (Å²) in [5, 5.41) is 9.71. The van der Waals surface area contributed by atoms with E-state index < -0.39 is 11.4 Å². The van der Waals surface area contributed by atoms with Crippen molar-refractivity contribution < 1.29 is 14.6 Å². The number of ether oxygens (including phenoxy) is 1. The van der Waals surface area contributed by atoms with Crippen LogP contribution in [0.15, 0.2) is 0 Å².